The summed E-state index contributed by atoms with van der Waals surface area (Å²) in [6.07, 6.45) is -2.59. The fourth-order valence-electron chi connectivity index (χ4n) is 2.77. The van der Waals surface area contributed by atoms with Crippen LogP contribution in [0.5, 0.6) is 0 Å². The number of rotatable bonds is 5. The minimum absolute atomic E-state index is 0.0125. The van der Waals surface area contributed by atoms with Crippen LogP contribution in [0.4, 0.5) is 0 Å². The highest BCUT2D eigenvalue weighted by Crippen LogP contribution is 2.21. The van der Waals surface area contributed by atoms with Crippen LogP contribution in [-0.4, -0.2) is 48.6 Å². The second-order valence-corrected chi connectivity index (χ2v) is 6.64. The van der Waals surface area contributed by atoms with Crippen molar-refractivity contribution in [1.29, 1.82) is 0 Å². The zero-order valence-electron chi connectivity index (χ0n) is 15.3. The van der Waals surface area contributed by atoms with E-state index in [9.17, 15) is 14.7 Å². The number of aryl methyl sites for hydroxylation is 2. The van der Waals surface area contributed by atoms with Crippen molar-refractivity contribution in [3.8, 4) is 0 Å². The molecule has 1 N–H and O–H groups in total. The van der Waals surface area contributed by atoms with Crippen molar-refractivity contribution in [2.75, 3.05) is 13.2 Å². The summed E-state index contributed by atoms with van der Waals surface area (Å²) in [6, 6.07) is 13.9. The van der Waals surface area contributed by atoms with E-state index in [0.717, 1.165) is 11.1 Å². The Bertz CT molecular complexity index is 796. The molecule has 1 aliphatic heterocycles. The molecular weight excluding hydrogens is 348 g/mol. The first kappa shape index (κ1) is 19.1. The summed E-state index contributed by atoms with van der Waals surface area (Å²) in [5.74, 6) is -1.05. The SMILES string of the molecule is Cc1ccc(C(=O)OC[C@H]2OC[C@H](O)[C@H]2OC(=O)c2ccc(C)cc2)cc1. The van der Waals surface area contributed by atoms with Crippen LogP contribution in [-0.2, 0) is 14.2 Å². The van der Waals surface area contributed by atoms with Gasteiger partial charge in [0.15, 0.2) is 6.10 Å². The minimum atomic E-state index is -0.970. The van der Waals surface area contributed by atoms with Crippen LogP contribution in [0, 0.1) is 13.8 Å². The molecule has 0 unspecified atom stereocenters. The summed E-state index contributed by atoms with van der Waals surface area (Å²) in [7, 11) is 0. The van der Waals surface area contributed by atoms with Crippen molar-refractivity contribution in [1.82, 2.24) is 0 Å². The van der Waals surface area contributed by atoms with Gasteiger partial charge in [0, 0.05) is 0 Å². The fraction of sp³-hybridized carbons (Fsp3) is 0.333. The largest absolute Gasteiger partial charge is 0.459 e. The molecule has 2 aromatic rings. The predicted molar refractivity (Wildman–Crippen MR) is 97.6 cm³/mol. The van der Waals surface area contributed by atoms with Gasteiger partial charge in [0.25, 0.3) is 0 Å². The van der Waals surface area contributed by atoms with Crippen molar-refractivity contribution >= 4 is 11.9 Å². The molecule has 0 aromatic heterocycles. The molecule has 6 heteroatoms. The first-order chi connectivity index (χ1) is 12.9. The van der Waals surface area contributed by atoms with E-state index >= 15 is 0 Å². The smallest absolute Gasteiger partial charge is 0.338 e. The summed E-state index contributed by atoms with van der Waals surface area (Å²) in [5, 5.41) is 10.1. The third-order valence-corrected chi connectivity index (χ3v) is 4.42. The second-order valence-electron chi connectivity index (χ2n) is 6.64. The van der Waals surface area contributed by atoms with Gasteiger partial charge in [-0.25, -0.2) is 9.59 Å². The van der Waals surface area contributed by atoms with E-state index in [-0.39, 0.29) is 13.2 Å². The molecule has 1 aliphatic rings. The van der Waals surface area contributed by atoms with Crippen LogP contribution in [0.2, 0.25) is 0 Å². The highest BCUT2D eigenvalue weighted by molar-refractivity contribution is 5.90. The van der Waals surface area contributed by atoms with Gasteiger partial charge >= 0.3 is 11.9 Å². The fourth-order valence-corrected chi connectivity index (χ4v) is 2.77. The van der Waals surface area contributed by atoms with E-state index in [1.54, 1.807) is 36.4 Å². The number of hydrogen-bond donors (Lipinski definition) is 1. The van der Waals surface area contributed by atoms with Gasteiger partial charge in [0.05, 0.1) is 17.7 Å². The average Bonchev–Trinajstić information content (AvgIpc) is 3.00. The van der Waals surface area contributed by atoms with Crippen molar-refractivity contribution in [3.05, 3.63) is 70.8 Å². The van der Waals surface area contributed by atoms with Gasteiger partial charge in [-0.05, 0) is 38.1 Å². The van der Waals surface area contributed by atoms with Crippen molar-refractivity contribution in [2.45, 2.75) is 32.2 Å². The molecule has 1 fully saturated rings. The van der Waals surface area contributed by atoms with E-state index in [1.165, 1.54) is 0 Å². The van der Waals surface area contributed by atoms with Gasteiger partial charge in [0.1, 0.15) is 18.8 Å². The number of carbonyl (C=O) groups excluding carboxylic acids is 2. The van der Waals surface area contributed by atoms with Gasteiger partial charge < -0.3 is 19.3 Å². The van der Waals surface area contributed by atoms with Gasteiger partial charge in [-0.1, -0.05) is 35.4 Å². The summed E-state index contributed by atoms with van der Waals surface area (Å²) >= 11 is 0. The number of aliphatic hydroxyl groups is 1. The summed E-state index contributed by atoms with van der Waals surface area (Å²) < 4.78 is 16.1. The summed E-state index contributed by atoms with van der Waals surface area (Å²) in [5.41, 5.74) is 2.87. The molecule has 0 amide bonds. The number of aliphatic hydroxyl groups excluding tert-OH is 1. The first-order valence-corrected chi connectivity index (χ1v) is 8.75. The lowest BCUT2D eigenvalue weighted by Crippen LogP contribution is -2.38. The molecule has 0 radical (unpaired) electrons. The number of ether oxygens (including phenoxy) is 3. The Kier molecular flexibility index (Phi) is 5.88. The van der Waals surface area contributed by atoms with Gasteiger partial charge in [0.2, 0.25) is 0 Å². The van der Waals surface area contributed by atoms with Crippen LogP contribution in [0.15, 0.2) is 48.5 Å². The molecule has 3 rings (SSSR count). The first-order valence-electron chi connectivity index (χ1n) is 8.75. The number of hydrogen-bond acceptors (Lipinski definition) is 6. The zero-order valence-corrected chi connectivity index (χ0v) is 15.3. The Morgan fingerprint density at radius 1 is 0.963 bits per heavy atom. The molecule has 0 saturated carbocycles. The highest BCUT2D eigenvalue weighted by Gasteiger charge is 2.40. The van der Waals surface area contributed by atoms with Crippen LogP contribution in [0.25, 0.3) is 0 Å². The zero-order chi connectivity index (χ0) is 19.4. The van der Waals surface area contributed by atoms with E-state index in [0.29, 0.717) is 11.1 Å². The van der Waals surface area contributed by atoms with Crippen molar-refractivity contribution in [3.63, 3.8) is 0 Å². The van der Waals surface area contributed by atoms with Gasteiger partial charge in [-0.15, -0.1) is 0 Å². The maximum absolute atomic E-state index is 12.3. The van der Waals surface area contributed by atoms with E-state index in [2.05, 4.69) is 0 Å². The third kappa shape index (κ3) is 4.72. The van der Waals surface area contributed by atoms with E-state index in [4.69, 9.17) is 14.2 Å². The molecular formula is C21H22O6. The lowest BCUT2D eigenvalue weighted by Gasteiger charge is -2.20. The van der Waals surface area contributed by atoms with E-state index in [1.807, 2.05) is 26.0 Å². The molecule has 1 saturated heterocycles. The van der Waals surface area contributed by atoms with Crippen LogP contribution >= 0.6 is 0 Å². The minimum Gasteiger partial charge on any atom is -0.459 e. The molecule has 0 spiro atoms. The topological polar surface area (TPSA) is 82.1 Å². The maximum atomic E-state index is 12.3. The number of carbonyl (C=O) groups is 2. The predicted octanol–water partition coefficient (Wildman–Crippen LogP) is 2.45. The Balaban J connectivity index is 1.59. The van der Waals surface area contributed by atoms with Crippen LogP contribution in [0.1, 0.15) is 31.8 Å². The molecule has 0 aliphatic carbocycles. The summed E-state index contributed by atoms with van der Waals surface area (Å²) in [6.45, 7) is 3.74. The molecule has 6 nitrogen and oxygen atoms in total. The Hall–Kier alpha value is -2.70. The lowest BCUT2D eigenvalue weighted by molar-refractivity contribution is -0.0382. The normalized spacial score (nSPS) is 21.7. The molecule has 142 valence electrons. The van der Waals surface area contributed by atoms with Gasteiger partial charge in [-0.3, -0.25) is 0 Å². The summed E-state index contributed by atoms with van der Waals surface area (Å²) in [4.78, 5) is 24.4. The standard InChI is InChI=1S/C21H22O6/c1-13-3-7-15(8-4-13)20(23)26-12-18-19(17(22)11-25-18)27-21(24)16-9-5-14(2)6-10-16/h3-10,17-19,22H,11-12H2,1-2H3/t17-,18+,19+/m0/s1. The Labute approximate surface area is 157 Å². The lowest BCUT2D eigenvalue weighted by atomic mass is 10.1. The van der Waals surface area contributed by atoms with Gasteiger partial charge in [-0.2, -0.15) is 0 Å². The van der Waals surface area contributed by atoms with E-state index < -0.39 is 30.3 Å². The van der Waals surface area contributed by atoms with Crippen molar-refractivity contribution in [2.24, 2.45) is 0 Å². The van der Waals surface area contributed by atoms with Crippen LogP contribution in [0.3, 0.4) is 0 Å². The highest BCUT2D eigenvalue weighted by atomic mass is 16.6. The quantitative estimate of drug-likeness (QED) is 0.814. The number of esters is 2. The molecule has 2 aromatic carbocycles. The molecule has 3 atom stereocenters. The second kappa shape index (κ2) is 8.33. The molecule has 27 heavy (non-hydrogen) atoms. The Morgan fingerprint density at radius 2 is 1.48 bits per heavy atom. The maximum Gasteiger partial charge on any atom is 0.338 e. The molecule has 1 heterocycles. The average molecular weight is 370 g/mol. The van der Waals surface area contributed by atoms with Crippen LogP contribution < -0.4 is 0 Å². The molecule has 0 bridgehead atoms. The monoisotopic (exact) mass is 370 g/mol. The third-order valence-electron chi connectivity index (χ3n) is 4.42. The van der Waals surface area contributed by atoms with Crippen molar-refractivity contribution < 1.29 is 28.9 Å². The number of benzene rings is 2. The Morgan fingerprint density at radius 3 is 2.04 bits per heavy atom.